The third-order valence-corrected chi connectivity index (χ3v) is 8.60. The fourth-order valence-corrected chi connectivity index (χ4v) is 5.77. The summed E-state index contributed by atoms with van der Waals surface area (Å²) < 4.78 is 33.3. The predicted molar refractivity (Wildman–Crippen MR) is 139 cm³/mol. The highest BCUT2D eigenvalue weighted by Crippen LogP contribution is 2.36. The van der Waals surface area contributed by atoms with E-state index >= 15 is 0 Å². The molecule has 0 aromatic heterocycles. The minimum atomic E-state index is -0.912. The molecule has 0 aliphatic carbocycles. The number of carboxylic acid groups (broad SMARTS) is 1. The van der Waals surface area contributed by atoms with E-state index in [0.29, 0.717) is 18.9 Å². The molecule has 0 amide bonds. The summed E-state index contributed by atoms with van der Waals surface area (Å²) in [7, 11) is -0.805. The SMILES string of the molecule is CC1OC(C(C)(C)O[SiH2]C(C)(C)C)CN(Sc2ccc(OCc3ccc(F)cc3)cc2)C1C(=O)O. The van der Waals surface area contributed by atoms with Crippen molar-refractivity contribution in [1.82, 2.24) is 4.31 Å². The normalized spacial score (nSPS) is 22.0. The molecule has 0 radical (unpaired) electrons. The van der Waals surface area contributed by atoms with E-state index in [1.807, 2.05) is 49.3 Å². The molecule has 0 bridgehead atoms. The lowest BCUT2D eigenvalue weighted by Crippen LogP contribution is -2.60. The van der Waals surface area contributed by atoms with Crippen molar-refractivity contribution >= 4 is 27.7 Å². The van der Waals surface area contributed by atoms with E-state index in [2.05, 4.69) is 20.8 Å². The highest BCUT2D eigenvalue weighted by molar-refractivity contribution is 7.97. The van der Waals surface area contributed by atoms with Crippen LogP contribution in [0.5, 0.6) is 5.75 Å². The number of nitrogens with zero attached hydrogens (tertiary/aromatic N) is 1. The van der Waals surface area contributed by atoms with Gasteiger partial charge in [0.1, 0.15) is 24.2 Å². The summed E-state index contributed by atoms with van der Waals surface area (Å²) in [5.41, 5.74) is 0.357. The molecule has 2 aromatic rings. The molecule has 1 aliphatic heterocycles. The predicted octanol–water partition coefficient (Wildman–Crippen LogP) is 5.05. The molecule has 1 aliphatic rings. The summed E-state index contributed by atoms with van der Waals surface area (Å²) in [5, 5.41) is 10.0. The van der Waals surface area contributed by atoms with Gasteiger partial charge in [0.25, 0.3) is 0 Å². The Kier molecular flexibility index (Phi) is 9.04. The minimum absolute atomic E-state index is 0.149. The molecule has 3 atom stereocenters. The second kappa shape index (κ2) is 11.4. The zero-order chi connectivity index (χ0) is 25.8. The van der Waals surface area contributed by atoms with Crippen LogP contribution in [0.4, 0.5) is 4.39 Å². The van der Waals surface area contributed by atoms with Crippen molar-refractivity contribution < 1.29 is 28.2 Å². The molecule has 6 nitrogen and oxygen atoms in total. The van der Waals surface area contributed by atoms with Crippen LogP contribution in [-0.4, -0.2) is 55.5 Å². The number of hydrogen-bond donors (Lipinski definition) is 1. The molecule has 35 heavy (non-hydrogen) atoms. The van der Waals surface area contributed by atoms with E-state index in [1.165, 1.54) is 24.1 Å². The summed E-state index contributed by atoms with van der Waals surface area (Å²) in [6.07, 6.45) is -0.745. The first kappa shape index (κ1) is 27.7. The van der Waals surface area contributed by atoms with Gasteiger partial charge >= 0.3 is 5.97 Å². The van der Waals surface area contributed by atoms with Gasteiger partial charge in [0.2, 0.25) is 0 Å². The Morgan fingerprint density at radius 1 is 1.14 bits per heavy atom. The van der Waals surface area contributed by atoms with Gasteiger partial charge in [0.05, 0.1) is 17.8 Å². The molecule has 0 spiro atoms. The second-order valence-electron chi connectivity index (χ2n) is 10.6. The van der Waals surface area contributed by atoms with Crippen LogP contribution in [0.1, 0.15) is 47.1 Å². The van der Waals surface area contributed by atoms with Gasteiger partial charge in [0.15, 0.2) is 9.76 Å². The highest BCUT2D eigenvalue weighted by Gasteiger charge is 2.45. The molecular formula is C26H36FNO5SSi. The molecule has 192 valence electrons. The molecule has 3 unspecified atom stereocenters. The lowest BCUT2D eigenvalue weighted by atomic mass is 9.98. The zero-order valence-corrected chi connectivity index (χ0v) is 23.5. The van der Waals surface area contributed by atoms with Crippen molar-refractivity contribution in [1.29, 1.82) is 0 Å². The van der Waals surface area contributed by atoms with Gasteiger partial charge < -0.3 is 19.0 Å². The number of benzene rings is 2. The van der Waals surface area contributed by atoms with Crippen LogP contribution in [-0.2, 0) is 20.6 Å². The third kappa shape index (κ3) is 8.04. The van der Waals surface area contributed by atoms with Crippen LogP contribution in [0.2, 0.25) is 5.04 Å². The van der Waals surface area contributed by atoms with Crippen LogP contribution in [0.15, 0.2) is 53.4 Å². The van der Waals surface area contributed by atoms with Crippen molar-refractivity contribution in [2.45, 2.75) is 81.9 Å². The quantitative estimate of drug-likeness (QED) is 0.366. The van der Waals surface area contributed by atoms with Crippen LogP contribution >= 0.6 is 11.9 Å². The molecule has 1 saturated heterocycles. The second-order valence-corrected chi connectivity index (χ2v) is 14.5. The van der Waals surface area contributed by atoms with E-state index in [0.717, 1.165) is 10.5 Å². The largest absolute Gasteiger partial charge is 0.489 e. The summed E-state index contributed by atoms with van der Waals surface area (Å²) in [6.45, 7) is 13.2. The molecular weight excluding hydrogens is 485 g/mol. The smallest absolute Gasteiger partial charge is 0.324 e. The number of hydrogen-bond acceptors (Lipinski definition) is 6. The van der Waals surface area contributed by atoms with Gasteiger partial charge in [0, 0.05) is 11.4 Å². The van der Waals surface area contributed by atoms with Crippen molar-refractivity contribution in [3.8, 4) is 5.75 Å². The number of halogens is 1. The Labute approximate surface area is 214 Å². The van der Waals surface area contributed by atoms with Gasteiger partial charge in [-0.25, -0.2) is 8.70 Å². The van der Waals surface area contributed by atoms with Gasteiger partial charge in [-0.2, -0.15) is 0 Å². The maximum Gasteiger partial charge on any atom is 0.324 e. The van der Waals surface area contributed by atoms with E-state index in [9.17, 15) is 14.3 Å². The number of carbonyl (C=O) groups is 1. The van der Waals surface area contributed by atoms with Gasteiger partial charge in [-0.05, 0) is 79.7 Å². The first-order chi connectivity index (χ1) is 16.3. The summed E-state index contributed by atoms with van der Waals surface area (Å²) in [4.78, 5) is 13.0. The topological polar surface area (TPSA) is 68.2 Å². The fourth-order valence-electron chi connectivity index (χ4n) is 3.66. The lowest BCUT2D eigenvalue weighted by Gasteiger charge is -2.46. The molecule has 0 saturated carbocycles. The minimum Gasteiger partial charge on any atom is -0.489 e. The molecule has 2 aromatic carbocycles. The highest BCUT2D eigenvalue weighted by atomic mass is 32.2. The van der Waals surface area contributed by atoms with Gasteiger partial charge in [-0.3, -0.25) is 4.79 Å². The third-order valence-electron chi connectivity index (χ3n) is 5.75. The maximum absolute atomic E-state index is 13.1. The van der Waals surface area contributed by atoms with Crippen molar-refractivity contribution in [3.05, 3.63) is 59.9 Å². The Bertz CT molecular complexity index is 981. The van der Waals surface area contributed by atoms with Crippen LogP contribution in [0, 0.1) is 5.82 Å². The summed E-state index contributed by atoms with van der Waals surface area (Å²) >= 11 is 1.40. The molecule has 1 fully saturated rings. The van der Waals surface area contributed by atoms with E-state index in [-0.39, 0.29) is 17.0 Å². The fraction of sp³-hybridized carbons (Fsp3) is 0.500. The molecule has 1 N–H and O–H groups in total. The van der Waals surface area contributed by atoms with Crippen LogP contribution in [0.3, 0.4) is 0 Å². The summed E-state index contributed by atoms with van der Waals surface area (Å²) in [6, 6.07) is 12.9. The molecule has 3 rings (SSSR count). The van der Waals surface area contributed by atoms with Crippen molar-refractivity contribution in [3.63, 3.8) is 0 Å². The maximum atomic E-state index is 13.1. The van der Waals surface area contributed by atoms with Gasteiger partial charge in [-0.1, -0.05) is 32.9 Å². The van der Waals surface area contributed by atoms with Crippen molar-refractivity contribution in [2.24, 2.45) is 0 Å². The van der Waals surface area contributed by atoms with E-state index < -0.39 is 33.5 Å². The Morgan fingerprint density at radius 3 is 2.34 bits per heavy atom. The van der Waals surface area contributed by atoms with E-state index in [1.54, 1.807) is 12.1 Å². The monoisotopic (exact) mass is 521 g/mol. The number of carboxylic acids is 1. The first-order valence-electron chi connectivity index (χ1n) is 11.8. The number of ether oxygens (including phenoxy) is 2. The van der Waals surface area contributed by atoms with E-state index in [4.69, 9.17) is 13.9 Å². The zero-order valence-electron chi connectivity index (χ0n) is 21.3. The first-order valence-corrected chi connectivity index (χ1v) is 13.8. The molecule has 1 heterocycles. The van der Waals surface area contributed by atoms with Gasteiger partial charge in [-0.15, -0.1) is 0 Å². The average Bonchev–Trinajstić information content (AvgIpc) is 2.77. The summed E-state index contributed by atoms with van der Waals surface area (Å²) in [5.74, 6) is -0.505. The Balaban J connectivity index is 1.67. The van der Waals surface area contributed by atoms with Crippen LogP contribution in [0.25, 0.3) is 0 Å². The van der Waals surface area contributed by atoms with Crippen LogP contribution < -0.4 is 4.74 Å². The number of morpholine rings is 1. The Morgan fingerprint density at radius 2 is 1.77 bits per heavy atom. The lowest BCUT2D eigenvalue weighted by molar-refractivity contribution is -0.173. The Hall–Kier alpha value is -1.91. The number of rotatable bonds is 9. The average molecular weight is 522 g/mol. The standard InChI is InChI=1S/C26H36FNO5SSi/c1-17-23(24(29)30)28(15-22(32-17)26(5,6)33-35-25(2,3)4)34-21-13-11-20(12-14-21)31-16-18-7-9-19(27)10-8-18/h7-14,17,22-23H,15-16,35H2,1-6H3,(H,29,30). The van der Waals surface area contributed by atoms with Crippen molar-refractivity contribution in [2.75, 3.05) is 6.54 Å². The number of aliphatic carboxylic acids is 1. The molecule has 9 heteroatoms.